The van der Waals surface area contributed by atoms with Crippen LogP contribution in [-0.4, -0.2) is 20.3 Å². The number of methoxy groups -OCH3 is 1. The van der Waals surface area contributed by atoms with Crippen LogP contribution in [0.2, 0.25) is 0 Å². The SMILES string of the molecule is CCOc1ccc(OC(CN)c2ccc(OC)cc2)cc1. The standard InChI is InChI=1S/C17H21NO3/c1-3-20-15-8-10-16(11-9-15)21-17(12-18)13-4-6-14(19-2)7-5-13/h4-11,17H,3,12,18H2,1-2H3. The van der Waals surface area contributed by atoms with Gasteiger partial charge in [0.1, 0.15) is 23.4 Å². The highest BCUT2D eigenvalue weighted by molar-refractivity contribution is 5.33. The zero-order valence-electron chi connectivity index (χ0n) is 12.4. The largest absolute Gasteiger partial charge is 0.497 e. The highest BCUT2D eigenvalue weighted by Crippen LogP contribution is 2.25. The van der Waals surface area contributed by atoms with Crippen molar-refractivity contribution in [1.29, 1.82) is 0 Å². The van der Waals surface area contributed by atoms with Crippen molar-refractivity contribution < 1.29 is 14.2 Å². The minimum atomic E-state index is -0.186. The van der Waals surface area contributed by atoms with Gasteiger partial charge in [0.15, 0.2) is 0 Å². The second-order valence-electron chi connectivity index (χ2n) is 4.52. The quantitative estimate of drug-likeness (QED) is 0.850. The normalized spacial score (nSPS) is 11.8. The Morgan fingerprint density at radius 2 is 1.48 bits per heavy atom. The summed E-state index contributed by atoms with van der Waals surface area (Å²) in [5.41, 5.74) is 6.84. The van der Waals surface area contributed by atoms with Crippen molar-refractivity contribution >= 4 is 0 Å². The molecule has 112 valence electrons. The molecule has 0 aliphatic heterocycles. The fraction of sp³-hybridized carbons (Fsp3) is 0.294. The molecule has 1 atom stereocenters. The van der Waals surface area contributed by atoms with Crippen LogP contribution in [0.1, 0.15) is 18.6 Å². The van der Waals surface area contributed by atoms with Crippen LogP contribution in [0.25, 0.3) is 0 Å². The van der Waals surface area contributed by atoms with E-state index in [1.807, 2.05) is 55.5 Å². The maximum Gasteiger partial charge on any atom is 0.136 e. The van der Waals surface area contributed by atoms with Crippen molar-refractivity contribution in [1.82, 2.24) is 0 Å². The number of benzene rings is 2. The molecule has 0 radical (unpaired) electrons. The van der Waals surface area contributed by atoms with Gasteiger partial charge in [0.25, 0.3) is 0 Å². The molecule has 0 aliphatic carbocycles. The third kappa shape index (κ3) is 4.13. The Kier molecular flexibility index (Phi) is 5.46. The average molecular weight is 287 g/mol. The molecule has 21 heavy (non-hydrogen) atoms. The Morgan fingerprint density at radius 3 is 2.00 bits per heavy atom. The van der Waals surface area contributed by atoms with E-state index in [2.05, 4.69) is 0 Å². The third-order valence-corrected chi connectivity index (χ3v) is 3.11. The van der Waals surface area contributed by atoms with E-state index in [0.717, 1.165) is 22.8 Å². The Labute approximate surface area is 125 Å². The summed E-state index contributed by atoms with van der Waals surface area (Å²) in [6, 6.07) is 15.3. The minimum Gasteiger partial charge on any atom is -0.497 e. The van der Waals surface area contributed by atoms with E-state index in [9.17, 15) is 0 Å². The first-order valence-corrected chi connectivity index (χ1v) is 7.00. The van der Waals surface area contributed by atoms with E-state index >= 15 is 0 Å². The van der Waals surface area contributed by atoms with Crippen molar-refractivity contribution in [2.24, 2.45) is 5.73 Å². The first-order chi connectivity index (χ1) is 10.3. The predicted octanol–water partition coefficient (Wildman–Crippen LogP) is 3.17. The zero-order chi connectivity index (χ0) is 15.1. The minimum absolute atomic E-state index is 0.186. The van der Waals surface area contributed by atoms with Crippen LogP contribution in [0.5, 0.6) is 17.2 Å². The van der Waals surface area contributed by atoms with Gasteiger partial charge in [-0.05, 0) is 48.9 Å². The first kappa shape index (κ1) is 15.2. The maximum atomic E-state index is 5.93. The van der Waals surface area contributed by atoms with Crippen LogP contribution in [0.4, 0.5) is 0 Å². The molecule has 2 rings (SSSR count). The summed E-state index contributed by atoms with van der Waals surface area (Å²) in [6.45, 7) is 3.01. The summed E-state index contributed by atoms with van der Waals surface area (Å²) in [4.78, 5) is 0. The molecule has 4 heteroatoms. The average Bonchev–Trinajstić information content (AvgIpc) is 2.54. The summed E-state index contributed by atoms with van der Waals surface area (Å²) in [5.74, 6) is 2.42. The molecule has 2 N–H and O–H groups in total. The van der Waals surface area contributed by atoms with Gasteiger partial charge in [0.05, 0.1) is 13.7 Å². The molecule has 0 aliphatic rings. The Bertz CT molecular complexity index is 537. The van der Waals surface area contributed by atoms with E-state index in [1.54, 1.807) is 7.11 Å². The lowest BCUT2D eigenvalue weighted by Gasteiger charge is -2.18. The second-order valence-corrected chi connectivity index (χ2v) is 4.52. The van der Waals surface area contributed by atoms with E-state index < -0.39 is 0 Å². The fourth-order valence-electron chi connectivity index (χ4n) is 2.02. The first-order valence-electron chi connectivity index (χ1n) is 7.00. The van der Waals surface area contributed by atoms with E-state index in [4.69, 9.17) is 19.9 Å². The van der Waals surface area contributed by atoms with Crippen LogP contribution in [0.15, 0.2) is 48.5 Å². The summed E-state index contributed by atoms with van der Waals surface area (Å²) < 4.78 is 16.5. The van der Waals surface area contributed by atoms with Crippen molar-refractivity contribution in [2.75, 3.05) is 20.3 Å². The van der Waals surface area contributed by atoms with Gasteiger partial charge in [-0.1, -0.05) is 12.1 Å². The van der Waals surface area contributed by atoms with Gasteiger partial charge in [-0.3, -0.25) is 0 Å². The third-order valence-electron chi connectivity index (χ3n) is 3.11. The van der Waals surface area contributed by atoms with Gasteiger partial charge in [-0.2, -0.15) is 0 Å². The van der Waals surface area contributed by atoms with Gasteiger partial charge >= 0.3 is 0 Å². The molecule has 0 amide bonds. The lowest BCUT2D eigenvalue weighted by Crippen LogP contribution is -2.18. The van der Waals surface area contributed by atoms with Crippen molar-refractivity contribution in [3.63, 3.8) is 0 Å². The predicted molar refractivity (Wildman–Crippen MR) is 83.0 cm³/mol. The van der Waals surface area contributed by atoms with Crippen LogP contribution in [0.3, 0.4) is 0 Å². The van der Waals surface area contributed by atoms with Crippen molar-refractivity contribution in [3.8, 4) is 17.2 Å². The van der Waals surface area contributed by atoms with E-state index in [0.29, 0.717) is 13.2 Å². The van der Waals surface area contributed by atoms with Crippen molar-refractivity contribution in [3.05, 3.63) is 54.1 Å². The molecule has 4 nitrogen and oxygen atoms in total. The summed E-state index contributed by atoms with van der Waals surface area (Å²) in [6.07, 6.45) is -0.186. The summed E-state index contributed by atoms with van der Waals surface area (Å²) in [5, 5.41) is 0. The Hall–Kier alpha value is -2.20. The van der Waals surface area contributed by atoms with Crippen LogP contribution >= 0.6 is 0 Å². The second kappa shape index (κ2) is 7.55. The maximum absolute atomic E-state index is 5.93. The molecule has 0 aromatic heterocycles. The zero-order valence-corrected chi connectivity index (χ0v) is 12.4. The van der Waals surface area contributed by atoms with Gasteiger partial charge < -0.3 is 19.9 Å². The molecule has 2 aromatic rings. The lowest BCUT2D eigenvalue weighted by atomic mass is 10.1. The number of rotatable bonds is 7. The molecule has 0 heterocycles. The lowest BCUT2D eigenvalue weighted by molar-refractivity contribution is 0.213. The van der Waals surface area contributed by atoms with Gasteiger partial charge in [0, 0.05) is 6.54 Å². The molecular weight excluding hydrogens is 266 g/mol. The van der Waals surface area contributed by atoms with Crippen LogP contribution in [0, 0.1) is 0 Å². The molecule has 0 fully saturated rings. The summed E-state index contributed by atoms with van der Waals surface area (Å²) >= 11 is 0. The number of hydrogen-bond donors (Lipinski definition) is 1. The molecule has 1 unspecified atom stereocenters. The van der Waals surface area contributed by atoms with Crippen LogP contribution < -0.4 is 19.9 Å². The fourth-order valence-corrected chi connectivity index (χ4v) is 2.02. The molecule has 0 saturated heterocycles. The van der Waals surface area contributed by atoms with Gasteiger partial charge in [0.2, 0.25) is 0 Å². The summed E-state index contributed by atoms with van der Waals surface area (Å²) in [7, 11) is 1.64. The molecule has 0 bridgehead atoms. The Balaban J connectivity index is 2.06. The number of ether oxygens (including phenoxy) is 3. The topological polar surface area (TPSA) is 53.7 Å². The molecule has 0 saturated carbocycles. The van der Waals surface area contributed by atoms with Gasteiger partial charge in [-0.25, -0.2) is 0 Å². The number of hydrogen-bond acceptors (Lipinski definition) is 4. The van der Waals surface area contributed by atoms with E-state index in [1.165, 1.54) is 0 Å². The van der Waals surface area contributed by atoms with Crippen molar-refractivity contribution in [2.45, 2.75) is 13.0 Å². The monoisotopic (exact) mass is 287 g/mol. The van der Waals surface area contributed by atoms with Crippen LogP contribution in [-0.2, 0) is 0 Å². The smallest absolute Gasteiger partial charge is 0.136 e. The van der Waals surface area contributed by atoms with Gasteiger partial charge in [-0.15, -0.1) is 0 Å². The highest BCUT2D eigenvalue weighted by Gasteiger charge is 2.11. The molecule has 2 aromatic carbocycles. The molecule has 0 spiro atoms. The highest BCUT2D eigenvalue weighted by atomic mass is 16.5. The number of nitrogens with two attached hydrogens (primary N) is 1. The van der Waals surface area contributed by atoms with E-state index in [-0.39, 0.29) is 6.10 Å². The molecular formula is C17H21NO3. The Morgan fingerprint density at radius 1 is 0.905 bits per heavy atom.